The molecule has 0 spiro atoms. The third-order valence-corrected chi connectivity index (χ3v) is 18.6. The van der Waals surface area contributed by atoms with Crippen molar-refractivity contribution in [1.82, 2.24) is 29.7 Å². The zero-order chi connectivity index (χ0) is 63.7. The van der Waals surface area contributed by atoms with Crippen molar-refractivity contribution in [2.24, 2.45) is 0 Å². The van der Waals surface area contributed by atoms with Gasteiger partial charge in [0, 0.05) is 52.9 Å². The molecule has 4 N–H and O–H groups in total. The van der Waals surface area contributed by atoms with Crippen LogP contribution < -0.4 is 11.5 Å². The molecular weight excluding hydrogens is 1230 g/mol. The van der Waals surface area contributed by atoms with Gasteiger partial charge < -0.3 is 30.6 Å². The molecule has 0 aliphatic carbocycles. The smallest absolute Gasteiger partial charge is 0.413 e. The number of ether oxygens (including phenoxy) is 3. The average Bonchev–Trinajstić information content (AvgIpc) is 1.66. The summed E-state index contributed by atoms with van der Waals surface area (Å²) < 4.78 is 99.5. The highest BCUT2D eigenvalue weighted by molar-refractivity contribution is 7.23. The number of carbonyl (C=O) groups is 4. The fraction of sp³-hybridized carbons (Fsp3) is 0.433. The summed E-state index contributed by atoms with van der Waals surface area (Å²) in [5.74, 6) is -0.489. The van der Waals surface area contributed by atoms with Crippen molar-refractivity contribution in [2.75, 3.05) is 24.6 Å². The molecule has 1 saturated heterocycles. The molecule has 11 rings (SSSR count). The predicted octanol–water partition coefficient (Wildman–Crippen LogP) is 16.2. The number of thiazole rings is 3. The first-order chi connectivity index (χ1) is 40.6. The van der Waals surface area contributed by atoms with Crippen LogP contribution in [0.3, 0.4) is 0 Å². The molecule has 3 amide bonds. The van der Waals surface area contributed by atoms with E-state index in [4.69, 9.17) is 35.9 Å². The number of amides is 3. The van der Waals surface area contributed by atoms with Gasteiger partial charge in [-0.3, -0.25) is 14.6 Å². The molecular formula is C60H65F6N9O7S5. The zero-order valence-corrected chi connectivity index (χ0v) is 53.4. The fourth-order valence-electron chi connectivity index (χ4n) is 9.63. The Morgan fingerprint density at radius 3 is 1.52 bits per heavy atom. The van der Waals surface area contributed by atoms with Crippen LogP contribution >= 0.6 is 56.7 Å². The van der Waals surface area contributed by atoms with Gasteiger partial charge in [-0.2, -0.15) is 31.6 Å². The first-order valence-electron chi connectivity index (χ1n) is 27.5. The maximum absolute atomic E-state index is 14.1. The number of carbonyl (C=O) groups excluding carboxylic acids is 4. The Hall–Kier alpha value is -7.12. The van der Waals surface area contributed by atoms with Crippen molar-refractivity contribution in [3.05, 3.63) is 98.7 Å². The number of ketones is 1. The summed E-state index contributed by atoms with van der Waals surface area (Å²) in [7, 11) is 0. The Bertz CT molecular complexity index is 3760. The summed E-state index contributed by atoms with van der Waals surface area (Å²) in [6, 6.07) is 21.5. The van der Waals surface area contributed by atoms with Gasteiger partial charge in [-0.1, -0.05) is 36.4 Å². The number of fused-ring (bicyclic) bond motifs is 5. The second-order valence-corrected chi connectivity index (χ2v) is 29.0. The number of anilines is 2. The maximum atomic E-state index is 14.1. The van der Waals surface area contributed by atoms with Crippen LogP contribution in [0.25, 0.3) is 51.8 Å². The topological polar surface area (TPSA) is 220 Å². The largest absolute Gasteiger partial charge is 0.444 e. The molecule has 16 nitrogen and oxygen atoms in total. The Morgan fingerprint density at radius 1 is 0.598 bits per heavy atom. The normalized spacial score (nSPS) is 17.2. The molecule has 3 aliphatic rings. The lowest BCUT2D eigenvalue weighted by molar-refractivity contribution is -0.188. The minimum atomic E-state index is -4.66. The number of aromatic nitrogens is 3. The molecule has 0 bridgehead atoms. The molecule has 464 valence electrons. The number of hydrogen-bond donors (Lipinski definition) is 2. The highest BCUT2D eigenvalue weighted by Crippen LogP contribution is 2.52. The highest BCUT2D eigenvalue weighted by atomic mass is 32.1. The lowest BCUT2D eigenvalue weighted by Crippen LogP contribution is -2.54. The zero-order valence-electron chi connectivity index (χ0n) is 49.3. The number of hydrogen-bond acceptors (Lipinski definition) is 18. The first-order valence-corrected chi connectivity index (χ1v) is 31.6. The van der Waals surface area contributed by atoms with Crippen molar-refractivity contribution >= 4 is 121 Å². The molecule has 5 aromatic heterocycles. The van der Waals surface area contributed by atoms with Crippen LogP contribution in [0, 0.1) is 11.3 Å². The number of benzene rings is 3. The second-order valence-electron chi connectivity index (χ2n) is 23.6. The number of piperidine rings is 1. The Balaban J connectivity index is 0.000000158. The van der Waals surface area contributed by atoms with Gasteiger partial charge in [0.2, 0.25) is 0 Å². The third-order valence-electron chi connectivity index (χ3n) is 13.3. The maximum Gasteiger partial charge on any atom is 0.413 e. The van der Waals surface area contributed by atoms with E-state index >= 15 is 0 Å². The summed E-state index contributed by atoms with van der Waals surface area (Å²) in [4.78, 5) is 65.8. The number of halogens is 6. The lowest BCUT2D eigenvalue weighted by atomic mass is 9.97. The molecule has 3 atom stereocenters. The van der Waals surface area contributed by atoms with E-state index in [1.54, 1.807) is 80.5 Å². The SMILES string of the molecule is CC(C)(C)OC(=O)N1CCC(=O)CC1C(F)(F)F.CC(C)(C)OC(=O)N1CCc2c(sc(N)c2-c2nc3ccccc3s2)C1C(F)(F)F.CC1Cc2c(sc(N)c2-c2nc3ccccc3s2)CN1C(=O)OC(C)(C)C.N#CCc1nc2ccccc2s1. The van der Waals surface area contributed by atoms with Gasteiger partial charge >= 0.3 is 30.6 Å². The molecule has 3 aliphatic heterocycles. The molecule has 3 unspecified atom stereocenters. The molecule has 0 saturated carbocycles. The van der Waals surface area contributed by atoms with Crippen LogP contribution in [0.4, 0.5) is 50.7 Å². The summed E-state index contributed by atoms with van der Waals surface area (Å²) in [5.41, 5.74) is 16.4. The molecule has 87 heavy (non-hydrogen) atoms. The Kier molecular flexibility index (Phi) is 19.6. The van der Waals surface area contributed by atoms with Gasteiger partial charge in [-0.15, -0.1) is 56.7 Å². The number of likely N-dealkylation sites (tertiary alicyclic amines) is 1. The number of para-hydroxylation sites is 3. The van der Waals surface area contributed by atoms with E-state index in [-0.39, 0.29) is 47.9 Å². The van der Waals surface area contributed by atoms with Crippen LogP contribution in [-0.4, -0.2) is 108 Å². The van der Waals surface area contributed by atoms with E-state index in [0.29, 0.717) is 34.0 Å². The summed E-state index contributed by atoms with van der Waals surface area (Å²) >= 11 is 7.08. The number of nitrogens with two attached hydrogens (primary N) is 2. The van der Waals surface area contributed by atoms with Gasteiger partial charge in [-0.05, 0) is 130 Å². The Labute approximate surface area is 518 Å². The van der Waals surface area contributed by atoms with Crippen LogP contribution in [0.2, 0.25) is 0 Å². The Morgan fingerprint density at radius 2 is 1.05 bits per heavy atom. The molecule has 1 fully saturated rings. The molecule has 8 heterocycles. The summed E-state index contributed by atoms with van der Waals surface area (Å²) in [5, 5.41) is 12.0. The van der Waals surface area contributed by atoms with E-state index < -0.39 is 65.6 Å². The number of rotatable bonds is 3. The van der Waals surface area contributed by atoms with Gasteiger partial charge in [0.05, 0.1) is 59.7 Å². The summed E-state index contributed by atoms with van der Waals surface area (Å²) in [6.07, 6.45) is -10.9. The van der Waals surface area contributed by atoms with Crippen LogP contribution in [0.15, 0.2) is 72.8 Å². The standard InChI is InChI=1S/C20H20F3N3O2S2.C20H23N3O2S2.C11H16F3NO3.C9H6N2S/c1-19(2,3)28-18(27)26-9-8-10-13(16(24)30-14(10)15(26)20(21,22)23)17-25-11-6-4-5-7-12(11)29-17;1-11-9-12-15(10-23(11)19(24)25-20(2,3)4)26-17(21)16(12)18-22-13-7-5-6-8-14(13)27-18;1-10(2,3)18-9(17)15-5-4-7(16)6-8(15)11(12,13)14;10-6-5-9-11-7-3-1-2-4-8(7)12-9/h4-7,15H,8-9,24H2,1-3H3;5-8,11H,9-10,21H2,1-4H3;8H,4-6H2,1-3H3;1-4H,5H2. The van der Waals surface area contributed by atoms with Crippen LogP contribution in [-0.2, 0) is 44.8 Å². The minimum Gasteiger partial charge on any atom is -0.444 e. The number of nitrogen functional groups attached to an aromatic ring is 2. The minimum absolute atomic E-state index is 0.0337. The van der Waals surface area contributed by atoms with Gasteiger partial charge in [-0.25, -0.2) is 29.3 Å². The monoisotopic (exact) mass is 1300 g/mol. The van der Waals surface area contributed by atoms with Gasteiger partial charge in [0.25, 0.3) is 0 Å². The predicted molar refractivity (Wildman–Crippen MR) is 331 cm³/mol. The van der Waals surface area contributed by atoms with Crippen molar-refractivity contribution < 1.29 is 59.7 Å². The van der Waals surface area contributed by atoms with Crippen molar-refractivity contribution in [3.8, 4) is 27.2 Å². The van der Waals surface area contributed by atoms with E-state index in [9.17, 15) is 45.5 Å². The molecule has 3 aromatic carbocycles. The third kappa shape index (κ3) is 16.2. The highest BCUT2D eigenvalue weighted by Gasteiger charge is 2.52. The quantitative estimate of drug-likeness (QED) is 0.124. The number of alkyl halides is 6. The van der Waals surface area contributed by atoms with E-state index in [1.165, 1.54) is 16.9 Å². The average molecular weight is 1300 g/mol. The van der Waals surface area contributed by atoms with E-state index in [2.05, 4.69) is 29.0 Å². The van der Waals surface area contributed by atoms with Crippen molar-refractivity contribution in [2.45, 2.75) is 155 Å². The van der Waals surface area contributed by atoms with Gasteiger partial charge in [0.1, 0.15) is 43.7 Å². The fourth-order valence-corrected chi connectivity index (χ4v) is 15.1. The van der Waals surface area contributed by atoms with Crippen molar-refractivity contribution in [3.63, 3.8) is 0 Å². The number of thiophene rings is 2. The van der Waals surface area contributed by atoms with Crippen LogP contribution in [0.5, 0.6) is 0 Å². The lowest BCUT2D eigenvalue weighted by Gasteiger charge is -2.37. The van der Waals surface area contributed by atoms with Crippen molar-refractivity contribution in [1.29, 1.82) is 5.26 Å². The van der Waals surface area contributed by atoms with Crippen LogP contribution in [0.1, 0.15) is 114 Å². The van der Waals surface area contributed by atoms with E-state index in [0.717, 1.165) is 78.8 Å². The second kappa shape index (κ2) is 25.9. The number of nitriles is 1. The number of nitrogens with zero attached hydrogens (tertiary/aromatic N) is 7. The van der Waals surface area contributed by atoms with Gasteiger partial charge in [0.15, 0.2) is 6.04 Å². The molecule has 0 radical (unpaired) electrons. The first kappa shape index (κ1) is 65.8. The number of Topliss-reactive ketones (excluding diaryl/α,β-unsaturated/α-hetero) is 1. The summed E-state index contributed by atoms with van der Waals surface area (Å²) in [6.45, 7) is 17.5. The molecule has 27 heteroatoms. The molecule has 8 aromatic rings. The van der Waals surface area contributed by atoms with E-state index in [1.807, 2.05) is 87.5 Å².